The zero-order chi connectivity index (χ0) is 18.5. The topological polar surface area (TPSA) is 101 Å². The molecule has 0 saturated heterocycles. The molecule has 0 saturated carbocycles. The van der Waals surface area contributed by atoms with Crippen LogP contribution in [0.25, 0.3) is 0 Å². The number of para-hydroxylation sites is 1. The van der Waals surface area contributed by atoms with E-state index in [2.05, 4.69) is 0 Å². The van der Waals surface area contributed by atoms with Crippen molar-refractivity contribution >= 4 is 23.2 Å². The van der Waals surface area contributed by atoms with E-state index in [4.69, 9.17) is 0 Å². The Morgan fingerprint density at radius 2 is 1.72 bits per heavy atom. The maximum absolute atomic E-state index is 12.8. The molecule has 2 amide bonds. The molecular formula is C18H16N2O5. The fraction of sp³-hybridized carbons (Fsp3) is 0.222. The molecule has 0 bridgehead atoms. The molecule has 0 aromatic heterocycles. The van der Waals surface area contributed by atoms with Gasteiger partial charge < -0.3 is 5.11 Å². The molecule has 0 radical (unpaired) electrons. The minimum absolute atomic E-state index is 0.0361. The number of fused-ring (bicyclic) bond motifs is 1. The Bertz CT molecular complexity index is 933. The van der Waals surface area contributed by atoms with Crippen molar-refractivity contribution in [2.75, 3.05) is 4.90 Å². The van der Waals surface area contributed by atoms with Gasteiger partial charge in [0.2, 0.25) is 0 Å². The zero-order valence-electron chi connectivity index (χ0n) is 13.9. The van der Waals surface area contributed by atoms with Crippen molar-refractivity contribution in [3.63, 3.8) is 0 Å². The van der Waals surface area contributed by atoms with Crippen LogP contribution in [0.15, 0.2) is 30.3 Å². The van der Waals surface area contributed by atoms with Crippen LogP contribution in [-0.2, 0) is 0 Å². The molecule has 1 aliphatic rings. The van der Waals surface area contributed by atoms with Gasteiger partial charge >= 0.3 is 5.69 Å². The number of carbonyl (C=O) groups is 2. The first-order valence-corrected chi connectivity index (χ1v) is 7.73. The molecule has 1 N–H and O–H groups in total. The number of phenols is 1. The number of hydrogen-bond donors (Lipinski definition) is 1. The smallest absolute Gasteiger partial charge is 0.311 e. The number of carbonyl (C=O) groups excluding carboxylic acids is 2. The van der Waals surface area contributed by atoms with Gasteiger partial charge in [-0.25, -0.2) is 4.90 Å². The minimum Gasteiger partial charge on any atom is -0.502 e. The summed E-state index contributed by atoms with van der Waals surface area (Å²) in [5.41, 5.74) is 1.35. The lowest BCUT2D eigenvalue weighted by molar-refractivity contribution is -0.385. The van der Waals surface area contributed by atoms with E-state index < -0.39 is 28.2 Å². The van der Waals surface area contributed by atoms with Crippen molar-refractivity contribution < 1.29 is 19.6 Å². The van der Waals surface area contributed by atoms with Gasteiger partial charge in [-0.3, -0.25) is 19.7 Å². The average Bonchev–Trinajstić information content (AvgIpc) is 2.77. The Morgan fingerprint density at radius 1 is 1.12 bits per heavy atom. The van der Waals surface area contributed by atoms with E-state index in [1.807, 2.05) is 26.0 Å². The van der Waals surface area contributed by atoms with Crippen molar-refractivity contribution in [2.45, 2.75) is 26.7 Å². The van der Waals surface area contributed by atoms with Crippen LogP contribution in [0.4, 0.5) is 11.4 Å². The van der Waals surface area contributed by atoms with E-state index >= 15 is 0 Å². The molecule has 0 unspecified atom stereocenters. The first-order chi connectivity index (χ1) is 11.7. The Balaban J connectivity index is 2.21. The molecule has 3 rings (SSSR count). The number of nitrogens with zero attached hydrogens (tertiary/aromatic N) is 2. The minimum atomic E-state index is -0.788. The first kappa shape index (κ1) is 16.6. The molecule has 1 heterocycles. The average molecular weight is 340 g/mol. The van der Waals surface area contributed by atoms with Crippen LogP contribution in [0, 0.1) is 17.0 Å². The molecule has 7 heteroatoms. The van der Waals surface area contributed by atoms with Crippen LogP contribution in [0.1, 0.15) is 51.6 Å². The normalized spacial score (nSPS) is 13.5. The highest BCUT2D eigenvalue weighted by Gasteiger charge is 2.40. The van der Waals surface area contributed by atoms with Gasteiger partial charge in [-0.15, -0.1) is 0 Å². The predicted octanol–water partition coefficient (Wildman–Crippen LogP) is 3.53. The molecule has 2 aromatic carbocycles. The summed E-state index contributed by atoms with van der Waals surface area (Å²) < 4.78 is 0. The number of aryl methyl sites for hydroxylation is 1. The van der Waals surface area contributed by atoms with Gasteiger partial charge in [-0.2, -0.15) is 0 Å². The number of phenolic OH excluding ortho intramolecular Hbond substituents is 1. The summed E-state index contributed by atoms with van der Waals surface area (Å²) in [5, 5.41) is 20.8. The highest BCUT2D eigenvalue weighted by molar-refractivity contribution is 6.35. The van der Waals surface area contributed by atoms with Crippen molar-refractivity contribution in [3.8, 4) is 5.75 Å². The molecule has 0 atom stereocenters. The molecule has 0 spiro atoms. The van der Waals surface area contributed by atoms with Crippen LogP contribution in [0.5, 0.6) is 5.75 Å². The van der Waals surface area contributed by atoms with Crippen LogP contribution in [-0.4, -0.2) is 21.8 Å². The summed E-state index contributed by atoms with van der Waals surface area (Å²) in [5.74, 6) is -1.79. The van der Waals surface area contributed by atoms with Gasteiger partial charge in [0.25, 0.3) is 11.8 Å². The monoisotopic (exact) mass is 340 g/mol. The highest BCUT2D eigenvalue weighted by atomic mass is 16.6. The third-order valence-corrected chi connectivity index (χ3v) is 4.29. The van der Waals surface area contributed by atoms with Gasteiger partial charge in [-0.05, 0) is 24.0 Å². The van der Waals surface area contributed by atoms with Gasteiger partial charge in [0.1, 0.15) is 0 Å². The molecule has 25 heavy (non-hydrogen) atoms. The maximum Gasteiger partial charge on any atom is 0.311 e. The summed E-state index contributed by atoms with van der Waals surface area (Å²) in [6.45, 7) is 5.70. The van der Waals surface area contributed by atoms with E-state index in [0.29, 0.717) is 5.69 Å². The van der Waals surface area contributed by atoms with Crippen molar-refractivity contribution in [2.24, 2.45) is 0 Å². The van der Waals surface area contributed by atoms with E-state index in [0.717, 1.165) is 28.2 Å². The zero-order valence-corrected chi connectivity index (χ0v) is 13.9. The van der Waals surface area contributed by atoms with Crippen LogP contribution in [0.3, 0.4) is 0 Å². The Morgan fingerprint density at radius 3 is 2.28 bits per heavy atom. The summed E-state index contributed by atoms with van der Waals surface area (Å²) in [7, 11) is 0. The number of imide groups is 1. The number of nitro groups is 1. The fourth-order valence-electron chi connectivity index (χ4n) is 3.07. The Kier molecular flexibility index (Phi) is 3.79. The largest absolute Gasteiger partial charge is 0.502 e. The van der Waals surface area contributed by atoms with Crippen molar-refractivity contribution in [3.05, 3.63) is 62.7 Å². The molecule has 128 valence electrons. The summed E-state index contributed by atoms with van der Waals surface area (Å²) >= 11 is 0. The highest BCUT2D eigenvalue weighted by Crippen LogP contribution is 2.39. The first-order valence-electron chi connectivity index (χ1n) is 7.73. The lowest BCUT2D eigenvalue weighted by Crippen LogP contribution is -2.31. The van der Waals surface area contributed by atoms with E-state index in [1.165, 1.54) is 0 Å². The van der Waals surface area contributed by atoms with Crippen LogP contribution < -0.4 is 4.90 Å². The quantitative estimate of drug-likeness (QED) is 0.523. The van der Waals surface area contributed by atoms with E-state index in [9.17, 15) is 24.8 Å². The third kappa shape index (κ3) is 2.44. The molecule has 2 aromatic rings. The number of amides is 2. The second-order valence-electron chi connectivity index (χ2n) is 6.26. The summed E-state index contributed by atoms with van der Waals surface area (Å²) in [4.78, 5) is 36.9. The number of benzene rings is 2. The van der Waals surface area contributed by atoms with Crippen LogP contribution in [0.2, 0.25) is 0 Å². The maximum atomic E-state index is 12.8. The number of anilines is 1. The molecule has 1 aliphatic heterocycles. The SMILES string of the molecule is Cc1cccc(C(C)C)c1N1C(=O)c2cc(O)c([N+](=O)[O-])cc2C1=O. The molecule has 7 nitrogen and oxygen atoms in total. The number of hydrogen-bond acceptors (Lipinski definition) is 5. The summed E-state index contributed by atoms with van der Waals surface area (Å²) in [6, 6.07) is 7.43. The number of nitro benzene ring substituents is 1. The Labute approximate surface area is 143 Å². The lowest BCUT2D eigenvalue weighted by Gasteiger charge is -2.22. The number of rotatable bonds is 3. The lowest BCUT2D eigenvalue weighted by atomic mass is 9.97. The third-order valence-electron chi connectivity index (χ3n) is 4.29. The number of aromatic hydroxyl groups is 1. The van der Waals surface area contributed by atoms with Gasteiger partial charge in [0, 0.05) is 12.1 Å². The van der Waals surface area contributed by atoms with E-state index in [-0.39, 0.29) is 17.0 Å². The fourth-order valence-corrected chi connectivity index (χ4v) is 3.07. The van der Waals surface area contributed by atoms with Crippen LogP contribution >= 0.6 is 0 Å². The van der Waals surface area contributed by atoms with Crippen molar-refractivity contribution in [1.29, 1.82) is 0 Å². The molecular weight excluding hydrogens is 324 g/mol. The predicted molar refractivity (Wildman–Crippen MR) is 91.2 cm³/mol. The van der Waals surface area contributed by atoms with Gasteiger partial charge in [-0.1, -0.05) is 32.0 Å². The molecule has 0 aliphatic carbocycles. The summed E-state index contributed by atoms with van der Waals surface area (Å²) in [6.07, 6.45) is 0. The van der Waals surface area contributed by atoms with Gasteiger partial charge in [0.15, 0.2) is 5.75 Å². The Hall–Kier alpha value is -3.22. The second-order valence-corrected chi connectivity index (χ2v) is 6.26. The van der Waals surface area contributed by atoms with Gasteiger partial charge in [0.05, 0.1) is 21.7 Å². The standard InChI is InChI=1S/C18H16N2O5/c1-9(2)11-6-4-5-10(3)16(11)19-17(22)12-7-14(20(24)25)15(21)8-13(12)18(19)23/h4-9,21H,1-3H3. The second kappa shape index (κ2) is 5.70. The van der Waals surface area contributed by atoms with E-state index in [1.54, 1.807) is 13.0 Å². The van der Waals surface area contributed by atoms with Crippen molar-refractivity contribution in [1.82, 2.24) is 0 Å². The molecule has 0 fully saturated rings.